The van der Waals surface area contributed by atoms with Gasteiger partial charge in [0.25, 0.3) is 0 Å². The molecule has 2 rings (SSSR count). The monoisotopic (exact) mass is 289 g/mol. The van der Waals surface area contributed by atoms with Crippen LogP contribution in [0.4, 0.5) is 5.69 Å². The molecule has 1 aromatic carbocycles. The fourth-order valence-electron chi connectivity index (χ4n) is 2.41. The maximum Gasteiger partial charge on any atom is 0.249 e. The Balaban J connectivity index is 1.99. The first-order chi connectivity index (χ1) is 10.0. The van der Waals surface area contributed by atoms with E-state index < -0.39 is 17.9 Å². The highest BCUT2D eigenvalue weighted by molar-refractivity contribution is 6.04. The summed E-state index contributed by atoms with van der Waals surface area (Å²) in [6.45, 7) is 1.77. The maximum absolute atomic E-state index is 12.3. The number of imide groups is 1. The largest absolute Gasteiger partial charge is 0.399 e. The third-order valence-corrected chi connectivity index (χ3v) is 3.57. The summed E-state index contributed by atoms with van der Waals surface area (Å²) in [5.74, 6) is -0.998. The zero-order valence-corrected chi connectivity index (χ0v) is 12.0. The number of piperazine rings is 1. The molecule has 6 heteroatoms. The lowest BCUT2D eigenvalue weighted by molar-refractivity contribution is -0.150. The van der Waals surface area contributed by atoms with Crippen LogP contribution in [0.25, 0.3) is 0 Å². The molecule has 0 saturated carbocycles. The Kier molecular flexibility index (Phi) is 4.57. The van der Waals surface area contributed by atoms with Crippen molar-refractivity contribution in [2.45, 2.75) is 32.2 Å². The third-order valence-electron chi connectivity index (χ3n) is 3.57. The van der Waals surface area contributed by atoms with Gasteiger partial charge in [0, 0.05) is 12.1 Å². The highest BCUT2D eigenvalue weighted by Gasteiger charge is 2.34. The quantitative estimate of drug-likeness (QED) is 0.622. The predicted octanol–water partition coefficient (Wildman–Crippen LogP) is 0.465. The molecule has 0 spiro atoms. The number of hydrogen-bond donors (Lipinski definition) is 2. The lowest BCUT2D eigenvalue weighted by Crippen LogP contribution is -2.59. The first-order valence-electron chi connectivity index (χ1n) is 6.99. The van der Waals surface area contributed by atoms with E-state index in [4.69, 9.17) is 5.73 Å². The number of hydrogen-bond acceptors (Lipinski definition) is 4. The molecule has 21 heavy (non-hydrogen) atoms. The molecule has 3 amide bonds. The van der Waals surface area contributed by atoms with Gasteiger partial charge >= 0.3 is 0 Å². The van der Waals surface area contributed by atoms with Crippen molar-refractivity contribution in [3.05, 3.63) is 29.8 Å². The van der Waals surface area contributed by atoms with Crippen molar-refractivity contribution in [2.75, 3.05) is 12.3 Å². The fraction of sp³-hybridized carbons (Fsp3) is 0.400. The number of aryl methyl sites for hydroxylation is 1. The van der Waals surface area contributed by atoms with Gasteiger partial charge in [-0.05, 0) is 30.5 Å². The number of anilines is 1. The second kappa shape index (κ2) is 6.39. The Labute approximate surface area is 123 Å². The average molecular weight is 289 g/mol. The number of nitrogens with zero attached hydrogens (tertiary/aromatic N) is 1. The van der Waals surface area contributed by atoms with Gasteiger partial charge in [0.1, 0.15) is 12.6 Å². The molecule has 0 bridgehead atoms. The molecule has 1 aliphatic rings. The molecule has 112 valence electrons. The zero-order chi connectivity index (χ0) is 15.4. The molecule has 1 saturated heterocycles. The number of amides is 3. The van der Waals surface area contributed by atoms with Crippen molar-refractivity contribution in [1.82, 2.24) is 10.2 Å². The van der Waals surface area contributed by atoms with Crippen LogP contribution in [-0.4, -0.2) is 35.2 Å². The minimum Gasteiger partial charge on any atom is -0.399 e. The molecule has 1 unspecified atom stereocenters. The number of carbonyl (C=O) groups excluding carboxylic acids is 3. The van der Waals surface area contributed by atoms with Gasteiger partial charge in [-0.15, -0.1) is 0 Å². The molecule has 1 aromatic rings. The molecular formula is C15H19N3O3. The standard InChI is InChI=1S/C15H19N3O3/c1-2-12-15(21)17-13(19)9-18(12)14(20)8-5-10-3-6-11(16)7-4-10/h3-4,6-7,12H,2,5,8-9,16H2,1H3,(H,17,19,21). The van der Waals surface area contributed by atoms with Crippen molar-refractivity contribution < 1.29 is 14.4 Å². The van der Waals surface area contributed by atoms with Crippen molar-refractivity contribution >= 4 is 23.4 Å². The van der Waals surface area contributed by atoms with Gasteiger partial charge in [-0.3, -0.25) is 19.7 Å². The molecule has 3 N–H and O–H groups in total. The van der Waals surface area contributed by atoms with Crippen LogP contribution in [0.1, 0.15) is 25.3 Å². The van der Waals surface area contributed by atoms with E-state index in [2.05, 4.69) is 5.32 Å². The minimum absolute atomic E-state index is 0.0508. The van der Waals surface area contributed by atoms with Crippen LogP contribution in [0, 0.1) is 0 Å². The summed E-state index contributed by atoms with van der Waals surface area (Å²) >= 11 is 0. The topological polar surface area (TPSA) is 92.5 Å². The van der Waals surface area contributed by atoms with Crippen molar-refractivity contribution in [3.63, 3.8) is 0 Å². The summed E-state index contributed by atoms with van der Waals surface area (Å²) < 4.78 is 0. The summed E-state index contributed by atoms with van der Waals surface area (Å²) in [7, 11) is 0. The van der Waals surface area contributed by atoms with Gasteiger partial charge in [-0.1, -0.05) is 19.1 Å². The molecule has 1 atom stereocenters. The van der Waals surface area contributed by atoms with E-state index in [-0.39, 0.29) is 18.9 Å². The van der Waals surface area contributed by atoms with E-state index in [1.54, 1.807) is 12.1 Å². The summed E-state index contributed by atoms with van der Waals surface area (Å²) in [6, 6.07) is 6.75. The molecular weight excluding hydrogens is 270 g/mol. The van der Waals surface area contributed by atoms with Crippen LogP contribution in [0.3, 0.4) is 0 Å². The van der Waals surface area contributed by atoms with Crippen LogP contribution in [0.2, 0.25) is 0 Å². The van der Waals surface area contributed by atoms with E-state index in [0.29, 0.717) is 18.5 Å². The minimum atomic E-state index is -0.554. The number of nitrogen functional groups attached to an aromatic ring is 1. The van der Waals surface area contributed by atoms with Crippen LogP contribution in [0.5, 0.6) is 0 Å². The van der Waals surface area contributed by atoms with Gasteiger partial charge in [0.15, 0.2) is 0 Å². The molecule has 0 aromatic heterocycles. The summed E-state index contributed by atoms with van der Waals surface area (Å²) in [5, 5.41) is 2.26. The molecule has 0 radical (unpaired) electrons. The fourth-order valence-corrected chi connectivity index (χ4v) is 2.41. The van der Waals surface area contributed by atoms with Gasteiger partial charge < -0.3 is 10.6 Å². The number of carbonyl (C=O) groups is 3. The lowest BCUT2D eigenvalue weighted by Gasteiger charge is -2.33. The van der Waals surface area contributed by atoms with Crippen molar-refractivity contribution in [3.8, 4) is 0 Å². The summed E-state index contributed by atoms with van der Waals surface area (Å²) in [6.07, 6.45) is 1.32. The van der Waals surface area contributed by atoms with Gasteiger partial charge in [-0.2, -0.15) is 0 Å². The molecule has 1 fully saturated rings. The number of nitrogens with one attached hydrogen (secondary N) is 1. The van der Waals surface area contributed by atoms with E-state index in [0.717, 1.165) is 5.56 Å². The number of rotatable bonds is 4. The van der Waals surface area contributed by atoms with Crippen LogP contribution < -0.4 is 11.1 Å². The van der Waals surface area contributed by atoms with E-state index in [1.165, 1.54) is 4.90 Å². The second-order valence-corrected chi connectivity index (χ2v) is 5.10. The Morgan fingerprint density at radius 3 is 2.62 bits per heavy atom. The first kappa shape index (κ1) is 15.0. The number of benzene rings is 1. The van der Waals surface area contributed by atoms with E-state index in [9.17, 15) is 14.4 Å². The van der Waals surface area contributed by atoms with Gasteiger partial charge in [-0.25, -0.2) is 0 Å². The zero-order valence-electron chi connectivity index (χ0n) is 12.0. The maximum atomic E-state index is 12.3. The van der Waals surface area contributed by atoms with Crippen molar-refractivity contribution in [1.29, 1.82) is 0 Å². The smallest absolute Gasteiger partial charge is 0.249 e. The Morgan fingerprint density at radius 1 is 1.33 bits per heavy atom. The van der Waals surface area contributed by atoms with Crippen molar-refractivity contribution in [2.24, 2.45) is 0 Å². The Morgan fingerprint density at radius 2 is 2.00 bits per heavy atom. The molecule has 1 aliphatic heterocycles. The normalized spacial score (nSPS) is 18.5. The molecule has 6 nitrogen and oxygen atoms in total. The highest BCUT2D eigenvalue weighted by Crippen LogP contribution is 2.13. The summed E-state index contributed by atoms with van der Waals surface area (Å²) in [4.78, 5) is 36.8. The summed E-state index contributed by atoms with van der Waals surface area (Å²) in [5.41, 5.74) is 7.28. The lowest BCUT2D eigenvalue weighted by atomic mass is 10.1. The van der Waals surface area contributed by atoms with Gasteiger partial charge in [0.2, 0.25) is 17.7 Å². The van der Waals surface area contributed by atoms with Crippen LogP contribution in [0.15, 0.2) is 24.3 Å². The first-order valence-corrected chi connectivity index (χ1v) is 6.99. The second-order valence-electron chi connectivity index (χ2n) is 5.10. The van der Waals surface area contributed by atoms with Crippen LogP contribution in [-0.2, 0) is 20.8 Å². The Hall–Kier alpha value is -2.37. The predicted molar refractivity (Wildman–Crippen MR) is 78.1 cm³/mol. The molecule has 1 heterocycles. The SMILES string of the molecule is CCC1C(=O)NC(=O)CN1C(=O)CCc1ccc(N)cc1. The average Bonchev–Trinajstić information content (AvgIpc) is 2.45. The Bertz CT molecular complexity index is 554. The number of nitrogens with two attached hydrogens (primary N) is 1. The molecule has 0 aliphatic carbocycles. The third kappa shape index (κ3) is 3.59. The highest BCUT2D eigenvalue weighted by atomic mass is 16.2. The van der Waals surface area contributed by atoms with E-state index >= 15 is 0 Å². The van der Waals surface area contributed by atoms with Crippen LogP contribution >= 0.6 is 0 Å². The van der Waals surface area contributed by atoms with Gasteiger partial charge in [0.05, 0.1) is 0 Å². The van der Waals surface area contributed by atoms with E-state index in [1.807, 2.05) is 19.1 Å².